The standard InChI is InChI=1S/C12H20N2O3S2/c1-2-18-12-6-4-3-5-11(12)14-19(15,16)9-10-7-8-17-13-10/h7-8,11-12,14H,2-6,9H2,1H3/t11-,12-/m1/s1. The minimum Gasteiger partial charge on any atom is -0.364 e. The summed E-state index contributed by atoms with van der Waals surface area (Å²) >= 11 is 1.85. The van der Waals surface area contributed by atoms with Crippen LogP contribution in [0.3, 0.4) is 0 Å². The van der Waals surface area contributed by atoms with Gasteiger partial charge >= 0.3 is 0 Å². The second-order valence-corrected chi connectivity index (χ2v) is 8.02. The van der Waals surface area contributed by atoms with Crippen molar-refractivity contribution in [2.75, 3.05) is 5.75 Å². The zero-order chi connectivity index (χ0) is 13.7. The summed E-state index contributed by atoms with van der Waals surface area (Å²) in [7, 11) is -3.34. The Kier molecular flexibility index (Phi) is 5.29. The lowest BCUT2D eigenvalue weighted by molar-refractivity contribution is 0.411. The fourth-order valence-corrected chi connectivity index (χ4v) is 5.07. The highest BCUT2D eigenvalue weighted by atomic mass is 32.2. The number of aromatic nitrogens is 1. The van der Waals surface area contributed by atoms with Crippen LogP contribution in [-0.2, 0) is 15.8 Å². The van der Waals surface area contributed by atoms with Crippen LogP contribution in [0.25, 0.3) is 0 Å². The molecule has 0 bridgehead atoms. The van der Waals surface area contributed by atoms with Crippen molar-refractivity contribution in [1.82, 2.24) is 9.88 Å². The molecular formula is C12H20N2O3S2. The molecule has 1 fully saturated rings. The molecule has 1 heterocycles. The van der Waals surface area contributed by atoms with Gasteiger partial charge in [0.25, 0.3) is 0 Å². The van der Waals surface area contributed by atoms with E-state index in [9.17, 15) is 8.42 Å². The number of rotatable bonds is 6. The van der Waals surface area contributed by atoms with Gasteiger partial charge in [0, 0.05) is 17.4 Å². The number of nitrogens with zero attached hydrogens (tertiary/aromatic N) is 1. The molecule has 0 saturated heterocycles. The average molecular weight is 304 g/mol. The van der Waals surface area contributed by atoms with E-state index in [-0.39, 0.29) is 11.8 Å². The van der Waals surface area contributed by atoms with E-state index in [2.05, 4.69) is 21.3 Å². The van der Waals surface area contributed by atoms with Crippen LogP contribution in [0.15, 0.2) is 16.9 Å². The predicted octanol–water partition coefficient (Wildman–Crippen LogP) is 2.16. The van der Waals surface area contributed by atoms with Gasteiger partial charge in [0.2, 0.25) is 10.0 Å². The highest BCUT2D eigenvalue weighted by Gasteiger charge is 2.29. The first kappa shape index (κ1) is 14.9. The molecule has 0 aromatic carbocycles. The first-order chi connectivity index (χ1) is 9.11. The number of sulfonamides is 1. The quantitative estimate of drug-likeness (QED) is 0.872. The molecule has 19 heavy (non-hydrogen) atoms. The van der Waals surface area contributed by atoms with Crippen LogP contribution in [0.4, 0.5) is 0 Å². The molecule has 108 valence electrons. The fraction of sp³-hybridized carbons (Fsp3) is 0.750. The highest BCUT2D eigenvalue weighted by molar-refractivity contribution is 8.00. The largest absolute Gasteiger partial charge is 0.364 e. The number of nitrogens with one attached hydrogen (secondary N) is 1. The van der Waals surface area contributed by atoms with Crippen molar-refractivity contribution in [2.45, 2.75) is 49.7 Å². The Labute approximate surface area is 118 Å². The van der Waals surface area contributed by atoms with Crippen LogP contribution in [0.5, 0.6) is 0 Å². The van der Waals surface area contributed by atoms with Crippen LogP contribution < -0.4 is 4.72 Å². The molecule has 1 saturated carbocycles. The van der Waals surface area contributed by atoms with E-state index in [4.69, 9.17) is 0 Å². The molecule has 2 atom stereocenters. The second kappa shape index (κ2) is 6.76. The Morgan fingerprint density at radius 3 is 2.95 bits per heavy atom. The molecule has 1 aromatic heterocycles. The highest BCUT2D eigenvalue weighted by Crippen LogP contribution is 2.29. The Hall–Kier alpha value is -0.530. The van der Waals surface area contributed by atoms with Crippen molar-refractivity contribution in [2.24, 2.45) is 0 Å². The first-order valence-corrected chi connectivity index (χ1v) is 9.31. The van der Waals surface area contributed by atoms with Gasteiger partial charge in [-0.1, -0.05) is 24.9 Å². The monoisotopic (exact) mass is 304 g/mol. The van der Waals surface area contributed by atoms with Crippen LogP contribution in [0.1, 0.15) is 38.3 Å². The normalized spacial score (nSPS) is 24.5. The Bertz CT molecular complexity index is 471. The van der Waals surface area contributed by atoms with Gasteiger partial charge in [-0.25, -0.2) is 13.1 Å². The lowest BCUT2D eigenvalue weighted by Gasteiger charge is -2.31. The zero-order valence-corrected chi connectivity index (χ0v) is 12.7. The molecule has 0 amide bonds. The molecule has 5 nitrogen and oxygen atoms in total. The average Bonchev–Trinajstić information content (AvgIpc) is 2.83. The molecule has 0 aliphatic heterocycles. The Morgan fingerprint density at radius 1 is 1.47 bits per heavy atom. The SMILES string of the molecule is CCS[C@@H]1CCCC[C@H]1NS(=O)(=O)Cc1ccon1. The summed E-state index contributed by atoms with van der Waals surface area (Å²) in [6, 6.07) is 1.63. The lowest BCUT2D eigenvalue weighted by Crippen LogP contribution is -2.44. The van der Waals surface area contributed by atoms with Crippen molar-refractivity contribution in [3.63, 3.8) is 0 Å². The van der Waals surface area contributed by atoms with Crippen molar-refractivity contribution < 1.29 is 12.9 Å². The smallest absolute Gasteiger partial charge is 0.217 e. The van der Waals surface area contributed by atoms with Crippen LogP contribution in [0.2, 0.25) is 0 Å². The molecule has 0 unspecified atom stereocenters. The maximum Gasteiger partial charge on any atom is 0.217 e. The summed E-state index contributed by atoms with van der Waals surface area (Å²) < 4.78 is 31.7. The summed E-state index contributed by atoms with van der Waals surface area (Å²) in [5.41, 5.74) is 0.447. The molecule has 1 aromatic rings. The van der Waals surface area contributed by atoms with Gasteiger partial charge in [0.1, 0.15) is 12.0 Å². The lowest BCUT2D eigenvalue weighted by atomic mass is 9.96. The molecule has 1 aliphatic rings. The minimum atomic E-state index is -3.34. The first-order valence-electron chi connectivity index (χ1n) is 6.61. The Morgan fingerprint density at radius 2 is 2.26 bits per heavy atom. The van der Waals surface area contributed by atoms with E-state index in [0.29, 0.717) is 10.9 Å². The maximum atomic E-state index is 12.1. The summed E-state index contributed by atoms with van der Waals surface area (Å²) in [5.74, 6) is 0.912. The Balaban J connectivity index is 1.97. The maximum absolute atomic E-state index is 12.1. The fourth-order valence-electron chi connectivity index (χ4n) is 2.42. The number of thioether (sulfide) groups is 1. The van der Waals surface area contributed by atoms with Crippen LogP contribution in [0, 0.1) is 0 Å². The van der Waals surface area contributed by atoms with Gasteiger partial charge in [-0.05, 0) is 18.6 Å². The predicted molar refractivity (Wildman–Crippen MR) is 76.4 cm³/mol. The molecule has 7 heteroatoms. The van der Waals surface area contributed by atoms with Crippen LogP contribution >= 0.6 is 11.8 Å². The summed E-state index contributed by atoms with van der Waals surface area (Å²) in [5, 5.41) is 4.04. The molecular weight excluding hydrogens is 284 g/mol. The minimum absolute atomic E-state index is 0.0515. The van der Waals surface area contributed by atoms with Crippen molar-refractivity contribution in [1.29, 1.82) is 0 Å². The van der Waals surface area contributed by atoms with Crippen LogP contribution in [-0.4, -0.2) is 30.6 Å². The summed E-state index contributed by atoms with van der Waals surface area (Å²) in [6.07, 6.45) is 5.70. The topological polar surface area (TPSA) is 72.2 Å². The summed E-state index contributed by atoms with van der Waals surface area (Å²) in [6.45, 7) is 2.11. The molecule has 0 radical (unpaired) electrons. The van der Waals surface area contributed by atoms with E-state index in [1.54, 1.807) is 6.07 Å². The van der Waals surface area contributed by atoms with Gasteiger partial charge in [0.15, 0.2) is 0 Å². The van der Waals surface area contributed by atoms with Crippen molar-refractivity contribution in [3.05, 3.63) is 18.0 Å². The van der Waals surface area contributed by atoms with Gasteiger partial charge in [-0.3, -0.25) is 0 Å². The van der Waals surface area contributed by atoms with E-state index in [1.165, 1.54) is 12.7 Å². The molecule has 2 rings (SSSR count). The second-order valence-electron chi connectivity index (χ2n) is 4.75. The number of hydrogen-bond acceptors (Lipinski definition) is 5. The van der Waals surface area contributed by atoms with Gasteiger partial charge in [-0.15, -0.1) is 0 Å². The third-order valence-corrected chi connectivity index (χ3v) is 5.91. The third-order valence-electron chi connectivity index (χ3n) is 3.24. The van der Waals surface area contributed by atoms with E-state index in [1.807, 2.05) is 11.8 Å². The van der Waals surface area contributed by atoms with E-state index >= 15 is 0 Å². The summed E-state index contributed by atoms with van der Waals surface area (Å²) in [4.78, 5) is 0. The zero-order valence-electron chi connectivity index (χ0n) is 11.0. The molecule has 0 spiro atoms. The number of hydrogen-bond donors (Lipinski definition) is 1. The van der Waals surface area contributed by atoms with Crippen molar-refractivity contribution >= 4 is 21.8 Å². The van der Waals surface area contributed by atoms with Gasteiger partial charge in [-0.2, -0.15) is 11.8 Å². The van der Waals surface area contributed by atoms with Gasteiger partial charge in [0.05, 0.1) is 5.69 Å². The third kappa shape index (κ3) is 4.50. The van der Waals surface area contributed by atoms with E-state index < -0.39 is 10.0 Å². The van der Waals surface area contributed by atoms with Crippen molar-refractivity contribution in [3.8, 4) is 0 Å². The van der Waals surface area contributed by atoms with Gasteiger partial charge < -0.3 is 4.52 Å². The van der Waals surface area contributed by atoms with E-state index in [0.717, 1.165) is 25.0 Å². The molecule has 1 N–H and O–H groups in total. The molecule has 1 aliphatic carbocycles.